The molecular weight excluding hydrogens is 488 g/mol. The number of hydrogen-bond donors (Lipinski definition) is 1. The van der Waals surface area contributed by atoms with E-state index in [9.17, 15) is 30.8 Å². The fourth-order valence-corrected chi connectivity index (χ4v) is 6.45. The zero-order valence-electron chi connectivity index (χ0n) is 18.9. The van der Waals surface area contributed by atoms with Crippen molar-refractivity contribution in [3.05, 3.63) is 0 Å². The van der Waals surface area contributed by atoms with Gasteiger partial charge < -0.3 is 14.2 Å². The van der Waals surface area contributed by atoms with Gasteiger partial charge in [-0.25, -0.2) is 31.8 Å². The predicted octanol–water partition coefficient (Wildman–Crippen LogP) is 2.07. The highest BCUT2D eigenvalue weighted by atomic mass is 32.2. The Morgan fingerprint density at radius 2 is 1.79 bits per heavy atom. The van der Waals surface area contributed by atoms with E-state index in [1.54, 1.807) is 0 Å². The number of piperidine rings is 1. The number of nitrogens with one attached hydrogen (secondary N) is 1. The second-order valence-corrected chi connectivity index (χ2v) is 11.1. The quantitative estimate of drug-likeness (QED) is 0.348. The Morgan fingerprint density at radius 1 is 1.12 bits per heavy atom. The maximum Gasteiger partial charge on any atom is 0.330 e. The van der Waals surface area contributed by atoms with E-state index in [4.69, 9.17) is 19.0 Å². The van der Waals surface area contributed by atoms with Crippen LogP contribution in [0.2, 0.25) is 0 Å². The molecule has 3 heterocycles. The van der Waals surface area contributed by atoms with Crippen molar-refractivity contribution in [2.24, 2.45) is 5.92 Å². The van der Waals surface area contributed by atoms with Gasteiger partial charge in [-0.2, -0.15) is 8.78 Å². The second-order valence-electron chi connectivity index (χ2n) is 8.88. The standard InChI is InChI=1S/C20H32F4N2O7S/c21-17(22)20(23,24)14-31-13-15-4-8-26(9-5-15)34(28,29)19(6-11-30-12-7-19)18(27)25-33-16-3-1-2-10-32-16/h15-17H,1-14H2,(H,25,27). The summed E-state index contributed by atoms with van der Waals surface area (Å²) >= 11 is 0. The lowest BCUT2D eigenvalue weighted by atomic mass is 9.98. The van der Waals surface area contributed by atoms with Gasteiger partial charge in [-0.3, -0.25) is 4.79 Å². The molecule has 0 aromatic rings. The van der Waals surface area contributed by atoms with Crippen molar-refractivity contribution in [3.8, 4) is 0 Å². The second kappa shape index (κ2) is 11.8. The zero-order valence-corrected chi connectivity index (χ0v) is 19.7. The third-order valence-electron chi connectivity index (χ3n) is 6.51. The first-order chi connectivity index (χ1) is 16.1. The van der Waals surface area contributed by atoms with Crippen LogP contribution in [-0.2, 0) is 33.9 Å². The highest BCUT2D eigenvalue weighted by Crippen LogP contribution is 2.35. The molecule has 1 amide bonds. The SMILES string of the molecule is O=C(NOC1CCCCO1)C1(S(=O)(=O)N2CCC(COCC(F)(F)C(F)F)CC2)CCOCC1. The lowest BCUT2D eigenvalue weighted by Crippen LogP contribution is -2.61. The van der Waals surface area contributed by atoms with Crippen LogP contribution in [-0.4, -0.2) is 88.1 Å². The van der Waals surface area contributed by atoms with E-state index in [1.807, 2.05) is 0 Å². The Hall–Kier alpha value is -1.06. The van der Waals surface area contributed by atoms with Crippen molar-refractivity contribution in [2.75, 3.05) is 46.1 Å². The predicted molar refractivity (Wildman–Crippen MR) is 111 cm³/mol. The number of sulfonamides is 1. The monoisotopic (exact) mass is 520 g/mol. The van der Waals surface area contributed by atoms with E-state index in [-0.39, 0.29) is 51.7 Å². The van der Waals surface area contributed by atoms with E-state index in [2.05, 4.69) is 5.48 Å². The minimum absolute atomic E-state index is 0.0399. The summed E-state index contributed by atoms with van der Waals surface area (Å²) in [5.41, 5.74) is 2.29. The highest BCUT2D eigenvalue weighted by Gasteiger charge is 2.55. The molecule has 0 aromatic carbocycles. The van der Waals surface area contributed by atoms with Gasteiger partial charge in [0, 0.05) is 58.8 Å². The first-order valence-electron chi connectivity index (χ1n) is 11.5. The van der Waals surface area contributed by atoms with E-state index in [1.165, 1.54) is 4.31 Å². The third kappa shape index (κ3) is 6.38. The summed E-state index contributed by atoms with van der Waals surface area (Å²) in [5.74, 6) is -5.26. The van der Waals surface area contributed by atoms with Gasteiger partial charge in [-0.15, -0.1) is 0 Å². The lowest BCUT2D eigenvalue weighted by Gasteiger charge is -2.41. The Bertz CT molecular complexity index is 767. The van der Waals surface area contributed by atoms with Gasteiger partial charge in [0.05, 0.1) is 0 Å². The van der Waals surface area contributed by atoms with E-state index >= 15 is 0 Å². The number of rotatable bonds is 10. The Kier molecular flexibility index (Phi) is 9.54. The fourth-order valence-electron chi connectivity index (χ4n) is 4.31. The van der Waals surface area contributed by atoms with Crippen molar-refractivity contribution in [1.29, 1.82) is 0 Å². The molecule has 1 unspecified atom stereocenters. The van der Waals surface area contributed by atoms with Crippen molar-refractivity contribution < 1.29 is 49.8 Å². The molecule has 3 aliphatic rings. The van der Waals surface area contributed by atoms with Gasteiger partial charge in [-0.1, -0.05) is 0 Å². The molecule has 0 radical (unpaired) electrons. The Morgan fingerprint density at radius 3 is 2.38 bits per heavy atom. The van der Waals surface area contributed by atoms with Crippen LogP contribution in [0.3, 0.4) is 0 Å². The van der Waals surface area contributed by atoms with Crippen molar-refractivity contribution in [1.82, 2.24) is 9.79 Å². The molecule has 14 heteroatoms. The van der Waals surface area contributed by atoms with Crippen LogP contribution in [0.5, 0.6) is 0 Å². The van der Waals surface area contributed by atoms with Crippen LogP contribution >= 0.6 is 0 Å². The molecule has 3 fully saturated rings. The van der Waals surface area contributed by atoms with Gasteiger partial charge >= 0.3 is 12.3 Å². The van der Waals surface area contributed by atoms with Crippen LogP contribution in [0.15, 0.2) is 0 Å². The maximum atomic E-state index is 13.6. The molecule has 198 valence electrons. The molecule has 1 atom stereocenters. The van der Waals surface area contributed by atoms with Crippen LogP contribution in [0, 0.1) is 5.92 Å². The van der Waals surface area contributed by atoms with Crippen molar-refractivity contribution in [2.45, 2.75) is 68.3 Å². The molecule has 0 aromatic heterocycles. The topological polar surface area (TPSA) is 103 Å². The molecule has 3 aliphatic heterocycles. The van der Waals surface area contributed by atoms with Crippen molar-refractivity contribution >= 4 is 15.9 Å². The lowest BCUT2D eigenvalue weighted by molar-refractivity contribution is -0.202. The van der Waals surface area contributed by atoms with Crippen LogP contribution in [0.1, 0.15) is 44.9 Å². The summed E-state index contributed by atoms with van der Waals surface area (Å²) in [7, 11) is -4.12. The largest absolute Gasteiger partial charge is 0.381 e. The van der Waals surface area contributed by atoms with E-state index in [0.29, 0.717) is 25.9 Å². The summed E-state index contributed by atoms with van der Waals surface area (Å²) in [5, 5.41) is 0. The smallest absolute Gasteiger partial charge is 0.330 e. The Balaban J connectivity index is 1.57. The van der Waals surface area contributed by atoms with E-state index in [0.717, 1.165) is 12.8 Å². The number of hydrogen-bond acceptors (Lipinski definition) is 7. The van der Waals surface area contributed by atoms with Gasteiger partial charge in [-0.05, 0) is 31.6 Å². The average Bonchev–Trinajstić information content (AvgIpc) is 2.83. The summed E-state index contributed by atoms with van der Waals surface area (Å²) in [4.78, 5) is 18.4. The number of alkyl halides is 4. The summed E-state index contributed by atoms with van der Waals surface area (Å²) in [6, 6.07) is 0. The number of carbonyl (C=O) groups is 1. The van der Waals surface area contributed by atoms with Gasteiger partial charge in [0.15, 0.2) is 11.0 Å². The van der Waals surface area contributed by atoms with E-state index < -0.39 is 45.9 Å². The normalized spacial score (nSPS) is 25.4. The van der Waals surface area contributed by atoms with Gasteiger partial charge in [0.2, 0.25) is 10.0 Å². The average molecular weight is 521 g/mol. The van der Waals surface area contributed by atoms with Gasteiger partial charge in [0.25, 0.3) is 5.91 Å². The molecule has 3 saturated heterocycles. The van der Waals surface area contributed by atoms with Crippen LogP contribution < -0.4 is 5.48 Å². The number of halogens is 4. The minimum atomic E-state index is -4.22. The summed E-state index contributed by atoms with van der Waals surface area (Å²) in [6.07, 6.45) is -1.60. The number of hydroxylamine groups is 1. The third-order valence-corrected chi connectivity index (χ3v) is 9.14. The van der Waals surface area contributed by atoms with Crippen molar-refractivity contribution in [3.63, 3.8) is 0 Å². The number of ether oxygens (including phenoxy) is 3. The van der Waals surface area contributed by atoms with Crippen LogP contribution in [0.4, 0.5) is 17.6 Å². The molecule has 0 saturated carbocycles. The molecular formula is C20H32F4N2O7S. The zero-order chi connectivity index (χ0) is 24.8. The summed E-state index contributed by atoms with van der Waals surface area (Å²) in [6.45, 7) is -0.767. The molecule has 0 bridgehead atoms. The molecule has 34 heavy (non-hydrogen) atoms. The maximum absolute atomic E-state index is 13.6. The summed E-state index contributed by atoms with van der Waals surface area (Å²) < 4.78 is 92.6. The molecule has 0 aliphatic carbocycles. The first kappa shape index (κ1) is 27.5. The Labute approximate surface area is 196 Å². The number of carbonyl (C=O) groups excluding carboxylic acids is 1. The minimum Gasteiger partial charge on any atom is -0.381 e. The molecule has 0 spiro atoms. The fraction of sp³-hybridized carbons (Fsp3) is 0.950. The number of amides is 1. The van der Waals surface area contributed by atoms with Gasteiger partial charge in [0.1, 0.15) is 6.61 Å². The molecule has 3 rings (SSSR count). The first-order valence-corrected chi connectivity index (χ1v) is 12.9. The van der Waals surface area contributed by atoms with Crippen LogP contribution in [0.25, 0.3) is 0 Å². The highest BCUT2D eigenvalue weighted by molar-refractivity contribution is 7.91. The number of nitrogens with zero attached hydrogens (tertiary/aromatic N) is 1. The molecule has 1 N–H and O–H groups in total. The molecule has 9 nitrogen and oxygen atoms in total.